The van der Waals surface area contributed by atoms with Crippen LogP contribution in [0.5, 0.6) is 11.5 Å². The summed E-state index contributed by atoms with van der Waals surface area (Å²) in [5.74, 6) is -0.149. The Hall–Kier alpha value is -4.80. The Morgan fingerprint density at radius 2 is 1.84 bits per heavy atom. The quantitative estimate of drug-likeness (QED) is 0.156. The van der Waals surface area contributed by atoms with Gasteiger partial charge in [-0.2, -0.15) is 0 Å². The van der Waals surface area contributed by atoms with Crippen LogP contribution in [-0.4, -0.2) is 45.0 Å². The third-order valence-electron chi connectivity index (χ3n) is 8.19. The number of phenolic OH excluding ortho intramolecular Hbond substituents is 1. The molecule has 9 nitrogen and oxygen atoms in total. The lowest BCUT2D eigenvalue weighted by Gasteiger charge is -2.28. The number of ether oxygens (including phenoxy) is 1. The zero-order valence-electron chi connectivity index (χ0n) is 25.0. The van der Waals surface area contributed by atoms with Gasteiger partial charge in [-0.15, -0.1) is 11.3 Å². The van der Waals surface area contributed by atoms with E-state index in [1.807, 2.05) is 36.4 Å². The number of carbonyl (C=O) groups excluding carboxylic acids is 2. The smallest absolute Gasteiger partial charge is 0.223 e. The summed E-state index contributed by atoms with van der Waals surface area (Å²) in [5.41, 5.74) is 7.54. The molecule has 10 heteroatoms. The van der Waals surface area contributed by atoms with Crippen LogP contribution >= 0.6 is 11.3 Å². The Morgan fingerprint density at radius 3 is 2.60 bits per heavy atom. The lowest BCUT2D eigenvalue weighted by Crippen LogP contribution is -2.31. The van der Waals surface area contributed by atoms with Crippen LogP contribution in [-0.2, 0) is 24.3 Å². The highest BCUT2D eigenvalue weighted by Gasteiger charge is 2.29. The number of fused-ring (bicyclic) bond motifs is 1. The minimum absolute atomic E-state index is 0.00438. The van der Waals surface area contributed by atoms with Crippen molar-refractivity contribution in [2.75, 3.05) is 13.7 Å². The molecule has 0 aliphatic carbocycles. The molecule has 1 unspecified atom stereocenters. The van der Waals surface area contributed by atoms with E-state index in [9.17, 15) is 14.7 Å². The summed E-state index contributed by atoms with van der Waals surface area (Å²) in [5, 5.41) is 16.0. The normalized spacial score (nSPS) is 14.7. The van der Waals surface area contributed by atoms with Crippen molar-refractivity contribution in [1.82, 2.24) is 25.2 Å². The van der Waals surface area contributed by atoms with E-state index in [2.05, 4.69) is 49.4 Å². The monoisotopic (exact) mass is 621 g/mol. The molecule has 0 fully saturated rings. The Balaban J connectivity index is 1.12. The van der Waals surface area contributed by atoms with Crippen molar-refractivity contribution < 1.29 is 19.4 Å². The van der Waals surface area contributed by atoms with Gasteiger partial charge in [0.15, 0.2) is 5.78 Å². The zero-order chi connectivity index (χ0) is 31.2. The first-order valence-electron chi connectivity index (χ1n) is 15.0. The Labute approximate surface area is 265 Å². The highest BCUT2D eigenvalue weighted by Crippen LogP contribution is 2.36. The van der Waals surface area contributed by atoms with Gasteiger partial charge in [0.1, 0.15) is 11.5 Å². The van der Waals surface area contributed by atoms with Crippen molar-refractivity contribution in [1.29, 1.82) is 0 Å². The van der Waals surface area contributed by atoms with Crippen LogP contribution in [0.15, 0.2) is 91.0 Å². The molecule has 1 aliphatic rings. The number of rotatable bonds is 12. The zero-order valence-corrected chi connectivity index (χ0v) is 25.8. The maximum Gasteiger partial charge on any atom is 0.223 e. The highest BCUT2D eigenvalue weighted by molar-refractivity contribution is 7.13. The van der Waals surface area contributed by atoms with Gasteiger partial charge in [0.05, 0.1) is 34.6 Å². The number of amides is 1. The molecule has 3 heterocycles. The van der Waals surface area contributed by atoms with Gasteiger partial charge in [-0.25, -0.2) is 4.98 Å². The molecule has 3 N–H and O–H groups in total. The topological polar surface area (TPSA) is 118 Å². The van der Waals surface area contributed by atoms with Crippen LogP contribution in [0.1, 0.15) is 51.6 Å². The van der Waals surface area contributed by atoms with E-state index in [0.717, 1.165) is 33.7 Å². The summed E-state index contributed by atoms with van der Waals surface area (Å²) < 4.78 is 8.21. The highest BCUT2D eigenvalue weighted by atomic mass is 32.1. The summed E-state index contributed by atoms with van der Waals surface area (Å²) >= 11 is 1.63. The Morgan fingerprint density at radius 1 is 1.04 bits per heavy atom. The lowest BCUT2D eigenvalue weighted by atomic mass is 9.89. The van der Waals surface area contributed by atoms with Crippen LogP contribution in [0.25, 0.3) is 10.4 Å². The third-order valence-corrected chi connectivity index (χ3v) is 9.02. The van der Waals surface area contributed by atoms with Crippen LogP contribution in [0.4, 0.5) is 0 Å². The standard InChI is InChI=1S/C35H35N5O4S/c1-36-35(43)26(15-23-7-11-28(41)12-8-23)16-32(42)30-4-2-3-29-31(13-14-44-34(29)30)39-18-27-17-37-21-40(27)20-24-5-9-25(10-6-24)33-19-38-22-45-33/h2-12,17,19,21-22,26,31,39,41H,13-16,18,20H2,1H3,(H,36,43)/t26-,31?/m1/s1. The fourth-order valence-electron chi connectivity index (χ4n) is 5.76. The van der Waals surface area contributed by atoms with Crippen molar-refractivity contribution in [3.63, 3.8) is 0 Å². The second kappa shape index (κ2) is 13.9. The number of para-hydroxylation sites is 1. The molecule has 5 aromatic rings. The fourth-order valence-corrected chi connectivity index (χ4v) is 6.39. The summed E-state index contributed by atoms with van der Waals surface area (Å²) in [6.45, 7) is 1.79. The molecular formula is C35H35N5O4S. The molecule has 2 atom stereocenters. The van der Waals surface area contributed by atoms with Crippen molar-refractivity contribution in [2.45, 2.75) is 38.4 Å². The summed E-state index contributed by atoms with van der Waals surface area (Å²) in [6.07, 6.45) is 6.81. The van der Waals surface area contributed by atoms with E-state index in [1.165, 1.54) is 5.56 Å². The van der Waals surface area contributed by atoms with Gasteiger partial charge in [-0.05, 0) is 41.3 Å². The molecule has 1 amide bonds. The number of Topliss-reactive ketones (excluding diaryl/α,β-unsaturated/α-hetero) is 1. The number of ketones is 1. The number of aromatic hydroxyl groups is 1. The molecule has 0 bridgehead atoms. The fraction of sp³-hybridized carbons (Fsp3) is 0.257. The number of thiazole rings is 1. The first kappa shape index (κ1) is 30.2. The van der Waals surface area contributed by atoms with Crippen LogP contribution < -0.4 is 15.4 Å². The largest absolute Gasteiger partial charge is 0.508 e. The molecule has 2 aromatic heterocycles. The second-order valence-electron chi connectivity index (χ2n) is 11.2. The number of nitrogens with zero attached hydrogens (tertiary/aromatic N) is 3. The molecule has 0 saturated heterocycles. The minimum Gasteiger partial charge on any atom is -0.508 e. The number of hydrogen-bond donors (Lipinski definition) is 3. The minimum atomic E-state index is -0.551. The first-order valence-corrected chi connectivity index (χ1v) is 15.8. The molecular weight excluding hydrogens is 586 g/mol. The van der Waals surface area contributed by atoms with Gasteiger partial charge in [-0.3, -0.25) is 14.6 Å². The maximum atomic E-state index is 13.6. The van der Waals surface area contributed by atoms with Gasteiger partial charge in [0.2, 0.25) is 5.91 Å². The molecule has 45 heavy (non-hydrogen) atoms. The molecule has 3 aromatic carbocycles. The van der Waals surface area contributed by atoms with Crippen LogP contribution in [0.2, 0.25) is 0 Å². The summed E-state index contributed by atoms with van der Waals surface area (Å²) in [7, 11) is 1.58. The van der Waals surface area contributed by atoms with Crippen molar-refractivity contribution >= 4 is 23.0 Å². The first-order chi connectivity index (χ1) is 22.0. The number of carbonyl (C=O) groups is 2. The predicted octanol–water partition coefficient (Wildman–Crippen LogP) is 5.55. The number of nitrogens with one attached hydrogen (secondary N) is 2. The third kappa shape index (κ3) is 7.13. The molecule has 1 aliphatic heterocycles. The van der Waals surface area contributed by atoms with E-state index in [1.54, 1.807) is 48.7 Å². The van der Waals surface area contributed by atoms with Crippen molar-refractivity contribution in [2.24, 2.45) is 5.92 Å². The molecule has 0 saturated carbocycles. The molecule has 0 spiro atoms. The van der Waals surface area contributed by atoms with Gasteiger partial charge in [-0.1, -0.05) is 48.5 Å². The predicted molar refractivity (Wildman–Crippen MR) is 173 cm³/mol. The van der Waals surface area contributed by atoms with Gasteiger partial charge >= 0.3 is 0 Å². The number of phenols is 1. The van der Waals surface area contributed by atoms with Gasteiger partial charge in [0, 0.05) is 62.9 Å². The molecule has 6 rings (SSSR count). The summed E-state index contributed by atoms with van der Waals surface area (Å²) in [4.78, 5) is 36.1. The number of benzene rings is 3. The van der Waals surface area contributed by atoms with Crippen LogP contribution in [0.3, 0.4) is 0 Å². The van der Waals surface area contributed by atoms with Crippen molar-refractivity contribution in [3.8, 4) is 21.9 Å². The molecule has 0 radical (unpaired) electrons. The molecule has 230 valence electrons. The van der Waals surface area contributed by atoms with E-state index < -0.39 is 5.92 Å². The number of hydrogen-bond acceptors (Lipinski definition) is 8. The van der Waals surface area contributed by atoms with Crippen molar-refractivity contribution in [3.05, 3.63) is 119 Å². The maximum absolute atomic E-state index is 13.6. The SMILES string of the molecule is CNC(=O)[C@@H](CC(=O)c1cccc2c1OCCC2NCc1cncn1Cc1ccc(-c2cncs2)cc1)Cc1ccc(O)cc1. The van der Waals surface area contributed by atoms with E-state index in [-0.39, 0.29) is 29.9 Å². The average Bonchev–Trinajstić information content (AvgIpc) is 3.77. The van der Waals surface area contributed by atoms with Crippen LogP contribution in [0, 0.1) is 5.92 Å². The lowest BCUT2D eigenvalue weighted by molar-refractivity contribution is -0.124. The summed E-state index contributed by atoms with van der Waals surface area (Å²) in [6, 6.07) is 20.9. The van der Waals surface area contributed by atoms with E-state index in [4.69, 9.17) is 4.74 Å². The Bertz CT molecular complexity index is 1750. The number of imidazole rings is 1. The van der Waals surface area contributed by atoms with E-state index >= 15 is 0 Å². The number of aromatic nitrogens is 3. The van der Waals surface area contributed by atoms with Gasteiger partial charge < -0.3 is 25.0 Å². The Kier molecular flexibility index (Phi) is 9.33. The average molecular weight is 622 g/mol. The second-order valence-corrected chi connectivity index (χ2v) is 12.1. The van der Waals surface area contributed by atoms with Gasteiger partial charge in [0.25, 0.3) is 0 Å². The van der Waals surface area contributed by atoms with E-state index in [0.29, 0.717) is 37.4 Å².